The third kappa shape index (κ3) is 5.23. The van der Waals surface area contributed by atoms with Crippen LogP contribution in [-0.2, 0) is 0 Å². The molecular weight excluding hydrogens is 512 g/mol. The van der Waals surface area contributed by atoms with Crippen LogP contribution in [0.25, 0.3) is 0 Å². The van der Waals surface area contributed by atoms with E-state index in [9.17, 15) is 87.8 Å². The van der Waals surface area contributed by atoms with Crippen LogP contribution in [0.5, 0.6) is 0 Å². The average molecular weight is 514 g/mol. The lowest BCUT2D eigenvalue weighted by molar-refractivity contribution is -0.365. The molecule has 20 heteroatoms. The van der Waals surface area contributed by atoms with E-state index in [0.717, 1.165) is 0 Å². The van der Waals surface area contributed by atoms with E-state index in [0.29, 0.717) is 0 Å². The van der Waals surface area contributed by atoms with E-state index in [1.807, 2.05) is 0 Å². The Hall–Kier alpha value is -1.66. The molecule has 0 aliphatic rings. The van der Waals surface area contributed by atoms with Crippen molar-refractivity contribution in [3.05, 3.63) is 11.1 Å². The van der Waals surface area contributed by atoms with Gasteiger partial charge in [-0.15, -0.1) is 0 Å². The third-order valence-electron chi connectivity index (χ3n) is 3.27. The molecule has 0 aromatic carbocycles. The first-order chi connectivity index (χ1) is 13.0. The topological polar surface area (TPSA) is 0 Å². The Morgan fingerprint density at radius 1 is 0.387 bits per heavy atom. The molecule has 0 fully saturated rings. The number of rotatable bonds is 3. The molecule has 0 aliphatic carbocycles. The van der Waals surface area contributed by atoms with E-state index < -0.39 is 66.0 Å². The van der Waals surface area contributed by atoms with Gasteiger partial charge in [0.05, 0.1) is 6.42 Å². The molecule has 0 N–H and O–H groups in total. The summed E-state index contributed by atoms with van der Waals surface area (Å²) >= 11 is 0. The van der Waals surface area contributed by atoms with Crippen LogP contribution >= 0.6 is 0 Å². The van der Waals surface area contributed by atoms with Crippen molar-refractivity contribution in [2.75, 3.05) is 0 Å². The molecule has 0 saturated carbocycles. The summed E-state index contributed by atoms with van der Waals surface area (Å²) in [5.74, 6) is 0. The molecule has 0 rings (SSSR count). The highest BCUT2D eigenvalue weighted by Crippen LogP contribution is 2.63. The lowest BCUT2D eigenvalue weighted by atomic mass is 9.76. The van der Waals surface area contributed by atoms with Crippen LogP contribution in [0.15, 0.2) is 11.1 Å². The van der Waals surface area contributed by atoms with E-state index in [1.54, 1.807) is 0 Å². The van der Waals surface area contributed by atoms with Crippen molar-refractivity contribution in [3.63, 3.8) is 0 Å². The van der Waals surface area contributed by atoms with Gasteiger partial charge in [0, 0.05) is 11.1 Å². The van der Waals surface area contributed by atoms with Gasteiger partial charge in [0.1, 0.15) is 0 Å². The second-order valence-electron chi connectivity index (χ2n) is 5.45. The molecule has 0 heterocycles. The Kier molecular flexibility index (Phi) is 7.05. The zero-order valence-electron chi connectivity index (χ0n) is 13.3. The average Bonchev–Trinajstić information content (AvgIpc) is 2.38. The summed E-state index contributed by atoms with van der Waals surface area (Å²) in [4.78, 5) is 0. The first-order valence-corrected chi connectivity index (χ1v) is 6.49. The van der Waals surface area contributed by atoms with Crippen molar-refractivity contribution in [1.29, 1.82) is 0 Å². The van der Waals surface area contributed by atoms with Gasteiger partial charge in [-0.1, -0.05) is 0 Å². The van der Waals surface area contributed by atoms with Crippen LogP contribution in [0, 0.1) is 0 Å². The smallest absolute Gasteiger partial charge is 0.218 e. The molecule has 0 saturated heterocycles. The number of alkyl halides is 20. The summed E-state index contributed by atoms with van der Waals surface area (Å²) in [5.41, 5.74) is -28.1. The van der Waals surface area contributed by atoms with Crippen molar-refractivity contribution in [2.45, 2.75) is 54.8 Å². The van der Waals surface area contributed by atoms with Gasteiger partial charge in [0.2, 0.25) is 0 Å². The summed E-state index contributed by atoms with van der Waals surface area (Å²) < 4.78 is 255. The fourth-order valence-electron chi connectivity index (χ4n) is 2.07. The van der Waals surface area contributed by atoms with E-state index in [1.165, 1.54) is 0 Å². The molecule has 0 amide bonds. The standard InChI is InChI=1S/C11H2F20/c12-4(13,14)1-2(7(17,18)19)3(5(15,8(20,21)22)9(23,24)25)6(16,10(26,27)28)11(29,30)31/h1H2. The van der Waals surface area contributed by atoms with E-state index in [4.69, 9.17) is 0 Å². The predicted octanol–water partition coefficient (Wildman–Crippen LogP) is 7.46. The summed E-state index contributed by atoms with van der Waals surface area (Å²) in [7, 11) is 0. The fourth-order valence-corrected chi connectivity index (χ4v) is 2.07. The van der Waals surface area contributed by atoms with Gasteiger partial charge in [-0.3, -0.25) is 0 Å². The van der Waals surface area contributed by atoms with Crippen LogP contribution in [0.2, 0.25) is 0 Å². The van der Waals surface area contributed by atoms with Gasteiger partial charge in [-0.05, 0) is 0 Å². The number of allylic oxidation sites excluding steroid dienone is 2. The van der Waals surface area contributed by atoms with Gasteiger partial charge in [0.15, 0.2) is 0 Å². The molecule has 0 nitrogen and oxygen atoms in total. The first-order valence-electron chi connectivity index (χ1n) is 6.49. The van der Waals surface area contributed by atoms with E-state index >= 15 is 0 Å². The van der Waals surface area contributed by atoms with Crippen LogP contribution in [0.3, 0.4) is 0 Å². The molecule has 0 bridgehead atoms. The van der Waals surface area contributed by atoms with E-state index in [2.05, 4.69) is 0 Å². The molecule has 0 aromatic heterocycles. The minimum absolute atomic E-state index is 4.47. The Bertz CT molecular complexity index is 601. The van der Waals surface area contributed by atoms with Crippen LogP contribution in [-0.4, -0.2) is 48.4 Å². The largest absolute Gasteiger partial charge is 0.435 e. The Morgan fingerprint density at radius 3 is 0.742 bits per heavy atom. The molecule has 31 heavy (non-hydrogen) atoms. The van der Waals surface area contributed by atoms with Crippen molar-refractivity contribution < 1.29 is 87.8 Å². The van der Waals surface area contributed by atoms with Crippen LogP contribution in [0.4, 0.5) is 87.8 Å². The van der Waals surface area contributed by atoms with Gasteiger partial charge >= 0.3 is 48.4 Å². The zero-order valence-corrected chi connectivity index (χ0v) is 13.3. The summed E-state index contributed by atoms with van der Waals surface area (Å²) in [5, 5.41) is 0. The summed E-state index contributed by atoms with van der Waals surface area (Å²) in [6, 6.07) is 0. The molecule has 0 spiro atoms. The number of halogens is 20. The summed E-state index contributed by atoms with van der Waals surface area (Å²) in [6.45, 7) is 0. The molecule has 0 atom stereocenters. The zero-order chi connectivity index (χ0) is 25.9. The summed E-state index contributed by atoms with van der Waals surface area (Å²) in [6.07, 6.45) is -52.0. The molecular formula is C11H2F20. The van der Waals surface area contributed by atoms with Crippen molar-refractivity contribution in [2.24, 2.45) is 0 Å². The van der Waals surface area contributed by atoms with Gasteiger partial charge < -0.3 is 0 Å². The maximum atomic E-state index is 14.0. The molecule has 186 valence electrons. The van der Waals surface area contributed by atoms with Crippen LogP contribution in [0.1, 0.15) is 6.42 Å². The SMILES string of the molecule is FC(F)(F)CC(=C(C(F)(C(F)(F)F)C(F)(F)F)C(F)(C(F)(F)F)C(F)(F)F)C(F)(F)F. The maximum absolute atomic E-state index is 14.0. The quantitative estimate of drug-likeness (QED) is 0.271. The lowest BCUT2D eigenvalue weighted by Crippen LogP contribution is -2.66. The first kappa shape index (κ1) is 29.3. The Balaban J connectivity index is 8.34. The Labute approximate surface area is 155 Å². The highest BCUT2D eigenvalue weighted by atomic mass is 19.4. The lowest BCUT2D eigenvalue weighted by Gasteiger charge is -2.41. The number of hydrogen-bond acceptors (Lipinski definition) is 0. The molecule has 0 aromatic rings. The normalized spacial score (nSPS) is 15.9. The van der Waals surface area contributed by atoms with Gasteiger partial charge in [0.25, 0.3) is 0 Å². The predicted molar refractivity (Wildman–Crippen MR) is 55.7 cm³/mol. The van der Waals surface area contributed by atoms with Crippen molar-refractivity contribution in [3.8, 4) is 0 Å². The second-order valence-corrected chi connectivity index (χ2v) is 5.45. The molecule has 0 radical (unpaired) electrons. The minimum Gasteiger partial charge on any atom is -0.218 e. The third-order valence-corrected chi connectivity index (χ3v) is 3.27. The van der Waals surface area contributed by atoms with Crippen LogP contribution < -0.4 is 0 Å². The van der Waals surface area contributed by atoms with E-state index in [-0.39, 0.29) is 0 Å². The van der Waals surface area contributed by atoms with Crippen molar-refractivity contribution >= 4 is 0 Å². The highest BCUT2D eigenvalue weighted by Gasteiger charge is 2.87. The molecule has 0 aliphatic heterocycles. The highest BCUT2D eigenvalue weighted by molar-refractivity contribution is 5.42. The number of hydrogen-bond donors (Lipinski definition) is 0. The molecule has 0 unspecified atom stereocenters. The van der Waals surface area contributed by atoms with Gasteiger partial charge in [-0.2, -0.15) is 79.0 Å². The Morgan fingerprint density at radius 2 is 0.613 bits per heavy atom. The maximum Gasteiger partial charge on any atom is 0.435 e. The monoisotopic (exact) mass is 514 g/mol. The second kappa shape index (κ2) is 7.45. The fraction of sp³-hybridized carbons (Fsp3) is 0.818. The van der Waals surface area contributed by atoms with Crippen molar-refractivity contribution in [1.82, 2.24) is 0 Å². The van der Waals surface area contributed by atoms with Gasteiger partial charge in [-0.25, -0.2) is 8.78 Å². The minimum atomic E-state index is -8.52.